The van der Waals surface area contributed by atoms with Gasteiger partial charge < -0.3 is 10.5 Å². The Hall–Kier alpha value is -1.18. The zero-order valence-corrected chi connectivity index (χ0v) is 9.83. The maximum absolute atomic E-state index is 11.7. The zero-order chi connectivity index (χ0) is 12.0. The minimum Gasteiger partial charge on any atom is -0.385 e. The van der Waals surface area contributed by atoms with Crippen molar-refractivity contribution >= 4 is 15.8 Å². The number of pyridine rings is 1. The van der Waals surface area contributed by atoms with E-state index in [-0.39, 0.29) is 10.7 Å². The molecule has 0 aliphatic carbocycles. The summed E-state index contributed by atoms with van der Waals surface area (Å²) in [6.07, 6.45) is 2.05. The number of ether oxygens (including phenoxy) is 1. The van der Waals surface area contributed by atoms with Crippen LogP contribution in [0.1, 0.15) is 6.42 Å². The largest absolute Gasteiger partial charge is 0.385 e. The number of hydrogen-bond acceptors (Lipinski definition) is 5. The first-order valence-corrected chi connectivity index (χ1v) is 6.25. The molecular weight excluding hydrogens is 230 g/mol. The molecule has 0 unspecified atom stereocenters. The number of aromatic nitrogens is 1. The molecule has 0 saturated carbocycles. The minimum absolute atomic E-state index is 0.00161. The van der Waals surface area contributed by atoms with E-state index in [2.05, 4.69) is 9.71 Å². The highest BCUT2D eigenvalue weighted by molar-refractivity contribution is 7.89. The molecule has 0 bridgehead atoms. The van der Waals surface area contributed by atoms with Crippen LogP contribution >= 0.6 is 0 Å². The van der Waals surface area contributed by atoms with E-state index in [1.165, 1.54) is 18.3 Å². The molecule has 0 fully saturated rings. The number of hydrogen-bond donors (Lipinski definition) is 2. The summed E-state index contributed by atoms with van der Waals surface area (Å²) in [6, 6.07) is 2.95. The number of anilines is 1. The first-order chi connectivity index (χ1) is 7.58. The standard InChI is InChI=1S/C9H15N3O3S/c1-15-7-3-6-12-16(13,14)8-4-2-5-11-9(8)10/h2,4-5,12H,3,6-7H2,1H3,(H2,10,11). The number of nitrogen functional groups attached to an aromatic ring is 1. The fraction of sp³-hybridized carbons (Fsp3) is 0.444. The Bertz CT molecular complexity index is 433. The van der Waals surface area contributed by atoms with Crippen LogP contribution in [0.2, 0.25) is 0 Å². The van der Waals surface area contributed by atoms with E-state index in [1.807, 2.05) is 0 Å². The van der Waals surface area contributed by atoms with Crippen molar-refractivity contribution < 1.29 is 13.2 Å². The number of sulfonamides is 1. The van der Waals surface area contributed by atoms with Crippen molar-refractivity contribution in [3.8, 4) is 0 Å². The third-order valence-corrected chi connectivity index (χ3v) is 3.41. The molecule has 0 atom stereocenters. The lowest BCUT2D eigenvalue weighted by Gasteiger charge is -2.07. The molecule has 1 rings (SSSR count). The van der Waals surface area contributed by atoms with E-state index in [9.17, 15) is 8.42 Å². The second-order valence-corrected chi connectivity index (χ2v) is 4.87. The van der Waals surface area contributed by atoms with Gasteiger partial charge in [0.05, 0.1) is 0 Å². The molecule has 1 heterocycles. The Morgan fingerprint density at radius 2 is 2.31 bits per heavy atom. The summed E-state index contributed by atoms with van der Waals surface area (Å²) in [5.41, 5.74) is 5.48. The topological polar surface area (TPSA) is 94.3 Å². The molecule has 0 radical (unpaired) electrons. The Morgan fingerprint density at radius 3 is 2.94 bits per heavy atom. The summed E-state index contributed by atoms with van der Waals surface area (Å²) in [6.45, 7) is 0.815. The van der Waals surface area contributed by atoms with Gasteiger partial charge in [0.25, 0.3) is 0 Å². The minimum atomic E-state index is -3.56. The van der Waals surface area contributed by atoms with Crippen molar-refractivity contribution in [3.63, 3.8) is 0 Å². The van der Waals surface area contributed by atoms with E-state index >= 15 is 0 Å². The third kappa shape index (κ3) is 3.44. The quantitative estimate of drug-likeness (QED) is 0.687. The molecule has 0 aliphatic heterocycles. The summed E-state index contributed by atoms with van der Waals surface area (Å²) in [7, 11) is -2.00. The van der Waals surface area contributed by atoms with E-state index in [4.69, 9.17) is 10.5 Å². The maximum Gasteiger partial charge on any atom is 0.244 e. The van der Waals surface area contributed by atoms with Gasteiger partial charge in [-0.15, -0.1) is 0 Å². The first-order valence-electron chi connectivity index (χ1n) is 4.77. The average molecular weight is 245 g/mol. The van der Waals surface area contributed by atoms with Crippen molar-refractivity contribution in [2.75, 3.05) is 26.0 Å². The predicted octanol–water partition coefficient (Wildman–Crippen LogP) is -0.0214. The van der Waals surface area contributed by atoms with Crippen molar-refractivity contribution in [2.45, 2.75) is 11.3 Å². The lowest BCUT2D eigenvalue weighted by Crippen LogP contribution is -2.26. The van der Waals surface area contributed by atoms with E-state index < -0.39 is 10.0 Å². The number of nitrogens with two attached hydrogens (primary N) is 1. The van der Waals surface area contributed by atoms with Crippen LogP contribution in [0.5, 0.6) is 0 Å². The fourth-order valence-electron chi connectivity index (χ4n) is 1.13. The van der Waals surface area contributed by atoms with Crippen molar-refractivity contribution in [1.82, 2.24) is 9.71 Å². The molecule has 6 nitrogen and oxygen atoms in total. The van der Waals surface area contributed by atoms with Crippen LogP contribution in [0, 0.1) is 0 Å². The highest BCUT2D eigenvalue weighted by Gasteiger charge is 2.16. The second kappa shape index (κ2) is 5.78. The van der Waals surface area contributed by atoms with Crippen molar-refractivity contribution in [3.05, 3.63) is 18.3 Å². The highest BCUT2D eigenvalue weighted by atomic mass is 32.2. The van der Waals surface area contributed by atoms with E-state index in [0.29, 0.717) is 19.6 Å². The number of nitrogens with zero attached hydrogens (tertiary/aromatic N) is 1. The molecule has 90 valence electrons. The number of nitrogens with one attached hydrogen (secondary N) is 1. The molecule has 0 amide bonds. The normalized spacial score (nSPS) is 11.6. The summed E-state index contributed by atoms with van der Waals surface area (Å²) in [5.74, 6) is 0.00161. The summed E-state index contributed by atoms with van der Waals surface area (Å²) in [5, 5.41) is 0. The van der Waals surface area contributed by atoms with Gasteiger partial charge >= 0.3 is 0 Å². The zero-order valence-electron chi connectivity index (χ0n) is 9.01. The van der Waals surface area contributed by atoms with Crippen LogP contribution in [0.25, 0.3) is 0 Å². The Morgan fingerprint density at radius 1 is 1.56 bits per heavy atom. The maximum atomic E-state index is 11.7. The van der Waals surface area contributed by atoms with Gasteiger partial charge in [0.15, 0.2) is 0 Å². The Balaban J connectivity index is 2.68. The molecule has 3 N–H and O–H groups in total. The van der Waals surface area contributed by atoms with Crippen LogP contribution < -0.4 is 10.5 Å². The fourth-order valence-corrected chi connectivity index (χ4v) is 2.29. The van der Waals surface area contributed by atoms with Gasteiger partial charge in [-0.3, -0.25) is 0 Å². The molecule has 16 heavy (non-hydrogen) atoms. The lowest BCUT2D eigenvalue weighted by atomic mass is 10.5. The van der Waals surface area contributed by atoms with Crippen LogP contribution in [0.15, 0.2) is 23.2 Å². The monoisotopic (exact) mass is 245 g/mol. The molecule has 1 aromatic rings. The van der Waals surface area contributed by atoms with Gasteiger partial charge in [-0.1, -0.05) is 0 Å². The Labute approximate surface area is 94.9 Å². The van der Waals surface area contributed by atoms with Crippen LogP contribution in [0.4, 0.5) is 5.82 Å². The molecule has 1 aromatic heterocycles. The molecule has 7 heteroatoms. The number of rotatable bonds is 6. The van der Waals surface area contributed by atoms with Crippen LogP contribution in [-0.4, -0.2) is 33.7 Å². The molecule has 0 aromatic carbocycles. The second-order valence-electron chi connectivity index (χ2n) is 3.13. The van der Waals surface area contributed by atoms with Gasteiger partial charge in [0.2, 0.25) is 10.0 Å². The van der Waals surface area contributed by atoms with Gasteiger partial charge in [0.1, 0.15) is 10.7 Å². The van der Waals surface area contributed by atoms with E-state index in [0.717, 1.165) is 0 Å². The Kier molecular flexibility index (Phi) is 4.66. The molecule has 0 saturated heterocycles. The summed E-state index contributed by atoms with van der Waals surface area (Å²) < 4.78 is 30.7. The predicted molar refractivity (Wildman–Crippen MR) is 60.3 cm³/mol. The first kappa shape index (κ1) is 12.9. The van der Waals surface area contributed by atoms with Crippen LogP contribution in [-0.2, 0) is 14.8 Å². The molecule has 0 spiro atoms. The highest BCUT2D eigenvalue weighted by Crippen LogP contribution is 2.13. The van der Waals surface area contributed by atoms with Gasteiger partial charge in [0, 0.05) is 26.5 Å². The van der Waals surface area contributed by atoms with Gasteiger partial charge in [-0.05, 0) is 18.6 Å². The van der Waals surface area contributed by atoms with Crippen molar-refractivity contribution in [1.29, 1.82) is 0 Å². The summed E-state index contributed by atoms with van der Waals surface area (Å²) >= 11 is 0. The van der Waals surface area contributed by atoms with Crippen LogP contribution in [0.3, 0.4) is 0 Å². The summed E-state index contributed by atoms with van der Waals surface area (Å²) in [4.78, 5) is 3.73. The van der Waals surface area contributed by atoms with E-state index in [1.54, 1.807) is 7.11 Å². The van der Waals surface area contributed by atoms with Crippen molar-refractivity contribution in [2.24, 2.45) is 0 Å². The lowest BCUT2D eigenvalue weighted by molar-refractivity contribution is 0.196. The van der Waals surface area contributed by atoms with Gasteiger partial charge in [-0.25, -0.2) is 18.1 Å². The molecule has 0 aliphatic rings. The molecular formula is C9H15N3O3S. The SMILES string of the molecule is COCCCNS(=O)(=O)c1cccnc1N. The number of methoxy groups -OCH3 is 1. The smallest absolute Gasteiger partial charge is 0.244 e. The van der Waals surface area contributed by atoms with Gasteiger partial charge in [-0.2, -0.15) is 0 Å². The average Bonchev–Trinajstić information content (AvgIpc) is 2.25. The third-order valence-electron chi connectivity index (χ3n) is 1.91.